The number of carbonyl (C=O) groups excluding carboxylic acids is 1. The van der Waals surface area contributed by atoms with Crippen molar-refractivity contribution in [1.29, 1.82) is 5.26 Å². The van der Waals surface area contributed by atoms with E-state index < -0.39 is 29.6 Å². The number of pyridine rings is 1. The zero-order valence-corrected chi connectivity index (χ0v) is 16.6. The molecule has 0 spiro atoms. The third-order valence-electron chi connectivity index (χ3n) is 4.74. The Morgan fingerprint density at radius 3 is 2.25 bits per heavy atom. The molecule has 0 aliphatic rings. The van der Waals surface area contributed by atoms with Gasteiger partial charge in [-0.05, 0) is 54.1 Å². The van der Waals surface area contributed by atoms with Gasteiger partial charge in [0.15, 0.2) is 6.10 Å². The molecular formula is C23H17F4N3O2. The number of amides is 1. The van der Waals surface area contributed by atoms with Gasteiger partial charge in [-0.2, -0.15) is 18.4 Å². The molecule has 164 valence electrons. The molecule has 0 aliphatic carbocycles. The van der Waals surface area contributed by atoms with Gasteiger partial charge in [0.25, 0.3) is 5.91 Å². The first-order valence-electron chi connectivity index (χ1n) is 9.46. The molecule has 0 fully saturated rings. The van der Waals surface area contributed by atoms with E-state index in [0.717, 1.165) is 24.4 Å². The maximum Gasteiger partial charge on any atom is 0.417 e. The Bertz CT molecular complexity index is 1110. The molecule has 9 heteroatoms. The maximum atomic E-state index is 13.2. The van der Waals surface area contributed by atoms with Gasteiger partial charge >= 0.3 is 6.18 Å². The van der Waals surface area contributed by atoms with E-state index in [1.165, 1.54) is 47.4 Å². The first kappa shape index (κ1) is 22.9. The van der Waals surface area contributed by atoms with Gasteiger partial charge in [0, 0.05) is 30.5 Å². The summed E-state index contributed by atoms with van der Waals surface area (Å²) < 4.78 is 51.4. The van der Waals surface area contributed by atoms with Crippen molar-refractivity contribution in [2.75, 3.05) is 11.4 Å². The fraction of sp³-hybridized carbons (Fsp3) is 0.174. The average molecular weight is 443 g/mol. The number of benzene rings is 2. The van der Waals surface area contributed by atoms with Crippen LogP contribution in [0.3, 0.4) is 0 Å². The molecule has 2 aromatic carbocycles. The standard InChI is InChI=1S/C23H17F4N3O2/c24-18-6-3-16(4-7-18)21(31)22(32)30(20-9-1-15(13-28)2-10-20)12-11-19-8-5-17(14-29-19)23(25,26)27/h1-10,14,21,31H,11-12H2. The van der Waals surface area contributed by atoms with Gasteiger partial charge in [-0.1, -0.05) is 12.1 Å². The lowest BCUT2D eigenvalue weighted by atomic mass is 10.1. The van der Waals surface area contributed by atoms with Crippen molar-refractivity contribution in [2.45, 2.75) is 18.7 Å². The van der Waals surface area contributed by atoms with Crippen molar-refractivity contribution in [2.24, 2.45) is 0 Å². The van der Waals surface area contributed by atoms with E-state index in [4.69, 9.17) is 5.26 Å². The molecule has 1 atom stereocenters. The van der Waals surface area contributed by atoms with Crippen LogP contribution in [0.5, 0.6) is 0 Å². The summed E-state index contributed by atoms with van der Waals surface area (Å²) in [5.74, 6) is -1.24. The van der Waals surface area contributed by atoms with Gasteiger partial charge in [0.2, 0.25) is 0 Å². The highest BCUT2D eigenvalue weighted by Crippen LogP contribution is 2.28. The number of alkyl halides is 3. The van der Waals surface area contributed by atoms with E-state index in [9.17, 15) is 27.5 Å². The second-order valence-corrected chi connectivity index (χ2v) is 6.89. The minimum Gasteiger partial charge on any atom is -0.378 e. The summed E-state index contributed by atoms with van der Waals surface area (Å²) in [6, 6.07) is 14.9. The molecule has 0 saturated heterocycles. The second kappa shape index (κ2) is 9.58. The van der Waals surface area contributed by atoms with Crippen LogP contribution in [-0.2, 0) is 17.4 Å². The third-order valence-corrected chi connectivity index (χ3v) is 4.74. The Morgan fingerprint density at radius 1 is 1.06 bits per heavy atom. The van der Waals surface area contributed by atoms with Crippen LogP contribution in [0, 0.1) is 17.1 Å². The molecule has 0 aliphatic heterocycles. The lowest BCUT2D eigenvalue weighted by Gasteiger charge is -2.25. The summed E-state index contributed by atoms with van der Waals surface area (Å²) in [6.45, 7) is 0.00134. The van der Waals surface area contributed by atoms with E-state index in [-0.39, 0.29) is 18.5 Å². The molecule has 0 bridgehead atoms. The molecule has 3 aromatic rings. The minimum absolute atomic E-state index is 0.00134. The molecule has 0 radical (unpaired) electrons. The topological polar surface area (TPSA) is 77.2 Å². The fourth-order valence-electron chi connectivity index (χ4n) is 2.98. The van der Waals surface area contributed by atoms with Crippen LogP contribution in [-0.4, -0.2) is 22.5 Å². The minimum atomic E-state index is -4.50. The Morgan fingerprint density at radius 2 is 1.72 bits per heavy atom. The molecule has 5 nitrogen and oxygen atoms in total. The number of aliphatic hydroxyl groups is 1. The molecule has 1 unspecified atom stereocenters. The zero-order chi connectivity index (χ0) is 23.3. The van der Waals surface area contributed by atoms with Gasteiger partial charge in [-0.3, -0.25) is 9.78 Å². The van der Waals surface area contributed by atoms with E-state index in [2.05, 4.69) is 4.98 Å². The molecule has 1 heterocycles. The predicted octanol–water partition coefficient (Wildman–Crippen LogP) is 4.42. The number of nitriles is 1. The summed E-state index contributed by atoms with van der Waals surface area (Å²) in [7, 11) is 0. The Kier molecular flexibility index (Phi) is 6.85. The highest BCUT2D eigenvalue weighted by Gasteiger charge is 2.31. The smallest absolute Gasteiger partial charge is 0.378 e. The lowest BCUT2D eigenvalue weighted by molar-refractivity contribution is -0.137. The predicted molar refractivity (Wildman–Crippen MR) is 108 cm³/mol. The summed E-state index contributed by atoms with van der Waals surface area (Å²) >= 11 is 0. The average Bonchev–Trinajstić information content (AvgIpc) is 2.79. The Hall–Kier alpha value is -3.77. The van der Waals surface area contributed by atoms with Gasteiger partial charge in [-0.25, -0.2) is 4.39 Å². The zero-order valence-electron chi connectivity index (χ0n) is 16.6. The Balaban J connectivity index is 1.84. The summed E-state index contributed by atoms with van der Waals surface area (Å²) in [5.41, 5.74) is 0.364. The SMILES string of the molecule is N#Cc1ccc(N(CCc2ccc(C(F)(F)F)cn2)C(=O)C(O)c2ccc(F)cc2)cc1. The van der Waals surface area contributed by atoms with Crippen LogP contribution >= 0.6 is 0 Å². The number of aliphatic hydroxyl groups excluding tert-OH is 1. The summed E-state index contributed by atoms with van der Waals surface area (Å²) in [5, 5.41) is 19.5. The van der Waals surface area contributed by atoms with Crippen LogP contribution in [0.15, 0.2) is 66.9 Å². The lowest BCUT2D eigenvalue weighted by Crippen LogP contribution is -2.37. The van der Waals surface area contributed by atoms with Crippen molar-refractivity contribution in [3.63, 3.8) is 0 Å². The second-order valence-electron chi connectivity index (χ2n) is 6.89. The maximum absolute atomic E-state index is 13.2. The molecule has 1 amide bonds. The molecule has 1 N–H and O–H groups in total. The number of hydrogen-bond acceptors (Lipinski definition) is 4. The van der Waals surface area contributed by atoms with Crippen LogP contribution in [0.2, 0.25) is 0 Å². The Labute approximate surface area is 181 Å². The molecular weight excluding hydrogens is 426 g/mol. The number of hydrogen-bond donors (Lipinski definition) is 1. The van der Waals surface area contributed by atoms with Gasteiger partial charge in [0.05, 0.1) is 17.2 Å². The largest absolute Gasteiger partial charge is 0.417 e. The molecule has 0 saturated carbocycles. The van der Waals surface area contributed by atoms with Crippen molar-refractivity contribution >= 4 is 11.6 Å². The number of halogens is 4. The van der Waals surface area contributed by atoms with Crippen molar-refractivity contribution < 1.29 is 27.5 Å². The van der Waals surface area contributed by atoms with E-state index >= 15 is 0 Å². The quantitative estimate of drug-likeness (QED) is 0.572. The number of aromatic nitrogens is 1. The first-order valence-corrected chi connectivity index (χ1v) is 9.46. The van der Waals surface area contributed by atoms with Crippen molar-refractivity contribution in [3.05, 3.63) is 95.1 Å². The van der Waals surface area contributed by atoms with Crippen molar-refractivity contribution in [3.8, 4) is 6.07 Å². The monoisotopic (exact) mass is 443 g/mol. The van der Waals surface area contributed by atoms with Gasteiger partial charge in [0.1, 0.15) is 5.82 Å². The number of carbonyl (C=O) groups is 1. The fourth-order valence-corrected chi connectivity index (χ4v) is 2.98. The van der Waals surface area contributed by atoms with Gasteiger partial charge < -0.3 is 10.0 Å². The third kappa shape index (κ3) is 5.47. The van der Waals surface area contributed by atoms with E-state index in [1.807, 2.05) is 6.07 Å². The number of nitrogens with zero attached hydrogens (tertiary/aromatic N) is 3. The number of rotatable bonds is 6. The van der Waals surface area contributed by atoms with Crippen LogP contribution in [0.1, 0.15) is 28.5 Å². The van der Waals surface area contributed by atoms with Crippen LogP contribution in [0.25, 0.3) is 0 Å². The first-order chi connectivity index (χ1) is 15.2. The normalized spacial score (nSPS) is 12.1. The van der Waals surface area contributed by atoms with Crippen LogP contribution < -0.4 is 4.90 Å². The highest BCUT2D eigenvalue weighted by atomic mass is 19.4. The number of anilines is 1. The van der Waals surface area contributed by atoms with Gasteiger partial charge in [-0.15, -0.1) is 0 Å². The highest BCUT2D eigenvalue weighted by molar-refractivity contribution is 5.97. The van der Waals surface area contributed by atoms with E-state index in [1.54, 1.807) is 0 Å². The summed E-state index contributed by atoms with van der Waals surface area (Å²) in [4.78, 5) is 18.1. The molecule has 1 aromatic heterocycles. The summed E-state index contributed by atoms with van der Waals surface area (Å²) in [6.07, 6.45) is -5.27. The van der Waals surface area contributed by atoms with E-state index in [0.29, 0.717) is 16.9 Å². The molecule has 3 rings (SSSR count). The van der Waals surface area contributed by atoms with Crippen LogP contribution in [0.4, 0.5) is 23.2 Å². The van der Waals surface area contributed by atoms with Crippen molar-refractivity contribution in [1.82, 2.24) is 4.98 Å². The molecule has 32 heavy (non-hydrogen) atoms.